The SMILES string of the molecule is COC(CN)C(=O)NC(C)c1ccc(Cl)s1.Cl. The molecule has 4 nitrogen and oxygen atoms in total. The second-order valence-corrected chi connectivity index (χ2v) is 5.08. The minimum atomic E-state index is -0.599. The molecule has 0 aliphatic rings. The molecule has 0 radical (unpaired) electrons. The number of methoxy groups -OCH3 is 1. The van der Waals surface area contributed by atoms with Gasteiger partial charge in [0.2, 0.25) is 0 Å². The molecule has 0 fully saturated rings. The molecule has 0 saturated carbocycles. The Hall–Kier alpha value is -0.330. The molecular weight excluding hydrogens is 283 g/mol. The first kappa shape index (κ1) is 16.7. The zero-order valence-electron chi connectivity index (χ0n) is 9.60. The molecule has 3 N–H and O–H groups in total. The standard InChI is InChI=1S/C10H15ClN2O2S.ClH/c1-6(8-3-4-9(11)16-8)13-10(14)7(5-12)15-2;/h3-4,6-7H,5,12H2,1-2H3,(H,13,14);1H. The van der Waals surface area contributed by atoms with Gasteiger partial charge in [-0.3, -0.25) is 4.79 Å². The number of hydrogen-bond donors (Lipinski definition) is 2. The Morgan fingerprint density at radius 2 is 2.29 bits per heavy atom. The van der Waals surface area contributed by atoms with Gasteiger partial charge in [0.1, 0.15) is 6.10 Å². The van der Waals surface area contributed by atoms with Crippen molar-refractivity contribution in [3.63, 3.8) is 0 Å². The Morgan fingerprint density at radius 1 is 1.65 bits per heavy atom. The number of thiophene rings is 1. The highest BCUT2D eigenvalue weighted by Crippen LogP contribution is 2.26. The van der Waals surface area contributed by atoms with Crippen LogP contribution in [0.3, 0.4) is 0 Å². The van der Waals surface area contributed by atoms with Crippen LogP contribution in [0.2, 0.25) is 4.34 Å². The van der Waals surface area contributed by atoms with Crippen molar-refractivity contribution in [1.82, 2.24) is 5.32 Å². The second kappa shape index (κ2) is 7.89. The quantitative estimate of drug-likeness (QED) is 0.873. The number of nitrogens with two attached hydrogens (primary N) is 1. The molecule has 0 bridgehead atoms. The monoisotopic (exact) mass is 298 g/mol. The molecule has 0 aromatic carbocycles. The normalized spacial score (nSPS) is 13.6. The average molecular weight is 299 g/mol. The molecule has 7 heteroatoms. The molecule has 17 heavy (non-hydrogen) atoms. The van der Waals surface area contributed by atoms with E-state index in [0.29, 0.717) is 4.34 Å². The van der Waals surface area contributed by atoms with E-state index in [2.05, 4.69) is 5.32 Å². The van der Waals surface area contributed by atoms with Crippen LogP contribution in [-0.4, -0.2) is 25.7 Å². The molecule has 0 aliphatic carbocycles. The lowest BCUT2D eigenvalue weighted by atomic mass is 10.2. The third-order valence-corrected chi connectivity index (χ3v) is 3.58. The summed E-state index contributed by atoms with van der Waals surface area (Å²) in [6, 6.07) is 3.61. The van der Waals surface area contributed by atoms with Gasteiger partial charge >= 0.3 is 0 Å². The van der Waals surface area contributed by atoms with Crippen molar-refractivity contribution in [2.75, 3.05) is 13.7 Å². The minimum absolute atomic E-state index is 0. The summed E-state index contributed by atoms with van der Waals surface area (Å²) in [5.41, 5.74) is 5.40. The highest BCUT2D eigenvalue weighted by Gasteiger charge is 2.19. The number of carbonyl (C=O) groups excluding carboxylic acids is 1. The van der Waals surface area contributed by atoms with E-state index in [0.717, 1.165) is 4.88 Å². The Balaban J connectivity index is 0.00000256. The summed E-state index contributed by atoms with van der Waals surface area (Å²) < 4.78 is 5.65. The number of hydrogen-bond acceptors (Lipinski definition) is 4. The fraction of sp³-hybridized carbons (Fsp3) is 0.500. The van der Waals surface area contributed by atoms with Crippen molar-refractivity contribution in [2.45, 2.75) is 19.1 Å². The number of nitrogens with one attached hydrogen (secondary N) is 1. The van der Waals surface area contributed by atoms with Gasteiger partial charge in [-0.15, -0.1) is 23.7 Å². The van der Waals surface area contributed by atoms with Crippen molar-refractivity contribution in [1.29, 1.82) is 0 Å². The van der Waals surface area contributed by atoms with E-state index in [1.165, 1.54) is 18.4 Å². The molecule has 1 heterocycles. The van der Waals surface area contributed by atoms with Crippen molar-refractivity contribution in [2.24, 2.45) is 5.73 Å². The average Bonchev–Trinajstić information content (AvgIpc) is 2.66. The fourth-order valence-corrected chi connectivity index (χ4v) is 2.31. The predicted octanol–water partition coefficient (Wildman–Crippen LogP) is 1.97. The third-order valence-electron chi connectivity index (χ3n) is 2.17. The summed E-state index contributed by atoms with van der Waals surface area (Å²) >= 11 is 7.26. The summed E-state index contributed by atoms with van der Waals surface area (Å²) in [7, 11) is 1.46. The first-order valence-corrected chi connectivity index (χ1v) is 6.06. The summed E-state index contributed by atoms with van der Waals surface area (Å²) in [5, 5.41) is 2.82. The minimum Gasteiger partial charge on any atom is -0.370 e. The number of amides is 1. The maximum absolute atomic E-state index is 11.7. The fourth-order valence-electron chi connectivity index (χ4n) is 1.25. The van der Waals surface area contributed by atoms with Gasteiger partial charge in [-0.25, -0.2) is 0 Å². The van der Waals surface area contributed by atoms with E-state index in [4.69, 9.17) is 22.1 Å². The van der Waals surface area contributed by atoms with Crippen LogP contribution in [0.15, 0.2) is 12.1 Å². The van der Waals surface area contributed by atoms with Gasteiger partial charge in [0.25, 0.3) is 5.91 Å². The Labute approximate surface area is 116 Å². The van der Waals surface area contributed by atoms with Gasteiger partial charge < -0.3 is 15.8 Å². The lowest BCUT2D eigenvalue weighted by Crippen LogP contribution is -2.41. The van der Waals surface area contributed by atoms with Gasteiger partial charge in [0.05, 0.1) is 10.4 Å². The molecule has 1 aromatic heterocycles. The largest absolute Gasteiger partial charge is 0.370 e. The van der Waals surface area contributed by atoms with E-state index in [1.807, 2.05) is 13.0 Å². The van der Waals surface area contributed by atoms with Crippen molar-refractivity contribution >= 4 is 41.3 Å². The summed E-state index contributed by atoms with van der Waals surface area (Å²) in [6.45, 7) is 2.06. The van der Waals surface area contributed by atoms with Crippen molar-refractivity contribution in [3.8, 4) is 0 Å². The topological polar surface area (TPSA) is 64.3 Å². The molecule has 98 valence electrons. The molecule has 2 atom stereocenters. The van der Waals surface area contributed by atoms with E-state index < -0.39 is 6.10 Å². The number of rotatable bonds is 5. The summed E-state index contributed by atoms with van der Waals surface area (Å²) in [5.74, 6) is -0.206. The highest BCUT2D eigenvalue weighted by atomic mass is 35.5. The predicted molar refractivity (Wildman–Crippen MR) is 73.0 cm³/mol. The molecular formula is C10H16Cl2N2O2S. The maximum Gasteiger partial charge on any atom is 0.250 e. The molecule has 1 amide bonds. The van der Waals surface area contributed by atoms with Gasteiger partial charge in [-0.05, 0) is 19.1 Å². The van der Waals surface area contributed by atoms with Gasteiger partial charge in [0.15, 0.2) is 0 Å². The van der Waals surface area contributed by atoms with Crippen LogP contribution in [0.5, 0.6) is 0 Å². The Bertz CT molecular complexity index is 356. The lowest BCUT2D eigenvalue weighted by molar-refractivity contribution is -0.131. The smallest absolute Gasteiger partial charge is 0.250 e. The van der Waals surface area contributed by atoms with E-state index in [-0.39, 0.29) is 30.9 Å². The van der Waals surface area contributed by atoms with E-state index >= 15 is 0 Å². The van der Waals surface area contributed by atoms with Crippen LogP contribution in [0.25, 0.3) is 0 Å². The molecule has 1 rings (SSSR count). The zero-order valence-corrected chi connectivity index (χ0v) is 12.0. The van der Waals surface area contributed by atoms with Crippen molar-refractivity contribution in [3.05, 3.63) is 21.3 Å². The van der Waals surface area contributed by atoms with Crippen LogP contribution in [-0.2, 0) is 9.53 Å². The molecule has 0 aliphatic heterocycles. The zero-order chi connectivity index (χ0) is 12.1. The van der Waals surface area contributed by atoms with Crippen molar-refractivity contribution < 1.29 is 9.53 Å². The number of ether oxygens (including phenoxy) is 1. The first-order valence-electron chi connectivity index (χ1n) is 4.87. The van der Waals surface area contributed by atoms with Crippen LogP contribution >= 0.6 is 35.3 Å². The van der Waals surface area contributed by atoms with Crippen LogP contribution in [0, 0.1) is 0 Å². The van der Waals surface area contributed by atoms with E-state index in [9.17, 15) is 4.79 Å². The van der Waals surface area contributed by atoms with Crippen LogP contribution in [0.4, 0.5) is 0 Å². The van der Waals surface area contributed by atoms with Gasteiger partial charge in [-0.2, -0.15) is 0 Å². The molecule has 1 aromatic rings. The second-order valence-electron chi connectivity index (χ2n) is 3.33. The maximum atomic E-state index is 11.7. The van der Waals surface area contributed by atoms with E-state index in [1.54, 1.807) is 6.07 Å². The number of halogens is 2. The Kier molecular flexibility index (Phi) is 7.74. The third kappa shape index (κ3) is 4.81. The van der Waals surface area contributed by atoms with Crippen LogP contribution < -0.4 is 11.1 Å². The molecule has 2 unspecified atom stereocenters. The van der Waals surface area contributed by atoms with Gasteiger partial charge in [0, 0.05) is 18.5 Å². The molecule has 0 saturated heterocycles. The van der Waals surface area contributed by atoms with Gasteiger partial charge in [-0.1, -0.05) is 11.6 Å². The Morgan fingerprint density at radius 3 is 2.71 bits per heavy atom. The summed E-state index contributed by atoms with van der Waals surface area (Å²) in [6.07, 6.45) is -0.599. The summed E-state index contributed by atoms with van der Waals surface area (Å²) in [4.78, 5) is 12.7. The highest BCUT2D eigenvalue weighted by molar-refractivity contribution is 7.16. The van der Waals surface area contributed by atoms with Crippen LogP contribution in [0.1, 0.15) is 17.8 Å². The first-order chi connectivity index (χ1) is 7.58. The molecule has 0 spiro atoms. The number of carbonyl (C=O) groups is 1. The lowest BCUT2D eigenvalue weighted by Gasteiger charge is -2.17.